The molecule has 0 bridgehead atoms. The summed E-state index contributed by atoms with van der Waals surface area (Å²) < 4.78 is 0. The van der Waals surface area contributed by atoms with E-state index in [9.17, 15) is 0 Å². The zero-order valence-electron chi connectivity index (χ0n) is 31.2. The largest absolute Gasteiger partial charge is 0.367 e. The van der Waals surface area contributed by atoms with Crippen LogP contribution in [0.1, 0.15) is 22.3 Å². The maximum Gasteiger partial charge on any atom is 0.127 e. The van der Waals surface area contributed by atoms with Crippen molar-refractivity contribution < 1.29 is 0 Å². The van der Waals surface area contributed by atoms with Gasteiger partial charge in [0.25, 0.3) is 0 Å². The third-order valence-corrected chi connectivity index (χ3v) is 10.1. The lowest BCUT2D eigenvalue weighted by molar-refractivity contribution is 1.16. The van der Waals surface area contributed by atoms with Crippen molar-refractivity contribution in [3.63, 3.8) is 0 Å². The van der Waals surface area contributed by atoms with E-state index in [1.54, 1.807) is 0 Å². The number of aryl methyl sites for hydroxylation is 4. The fraction of sp³-hybridized carbons (Fsp3) is 0.125. The first-order valence-electron chi connectivity index (χ1n) is 18.5. The molecule has 0 spiro atoms. The first kappa shape index (κ1) is 34.4. The number of nitrogens with one attached hydrogen (secondary N) is 4. The molecule has 6 nitrogen and oxygen atoms in total. The number of hydrogen-bond donors (Lipinski definition) is 4. The van der Waals surface area contributed by atoms with Crippen molar-refractivity contribution in [1.29, 1.82) is 0 Å². The van der Waals surface area contributed by atoms with Crippen molar-refractivity contribution in [2.24, 2.45) is 0 Å². The summed E-state index contributed by atoms with van der Waals surface area (Å²) in [6.45, 7) is 9.67. The molecule has 2 heterocycles. The Labute approximate surface area is 317 Å². The zero-order chi connectivity index (χ0) is 37.0. The molecule has 0 aliphatic rings. The van der Waals surface area contributed by atoms with Crippen LogP contribution in [0.5, 0.6) is 0 Å². The Bertz CT molecular complexity index is 2420. The lowest BCUT2D eigenvalue weighted by atomic mass is 9.83. The summed E-state index contributed by atoms with van der Waals surface area (Å²) >= 11 is 0. The summed E-state index contributed by atoms with van der Waals surface area (Å²) in [7, 11) is 0. The molecule has 0 amide bonds. The molecule has 0 aliphatic heterocycles. The van der Waals surface area contributed by atoms with Gasteiger partial charge in [0.2, 0.25) is 0 Å². The van der Waals surface area contributed by atoms with Gasteiger partial charge in [0.15, 0.2) is 0 Å². The molecule has 0 atom stereocenters. The van der Waals surface area contributed by atoms with Crippen LogP contribution in [0.2, 0.25) is 0 Å². The molecule has 54 heavy (non-hydrogen) atoms. The maximum atomic E-state index is 4.55. The third kappa shape index (κ3) is 6.94. The SMILES string of the molecule is Cc1ccc(C)c(-c2cc3ccccc3c(-c3c(NCNc4ccccn4)c(-c4cc(C)ccc4C)cc4ccccc34)c2NCNc2ccccn2)c1. The van der Waals surface area contributed by atoms with Gasteiger partial charge in [-0.25, -0.2) is 9.97 Å². The minimum Gasteiger partial charge on any atom is -0.367 e. The van der Waals surface area contributed by atoms with Crippen molar-refractivity contribution >= 4 is 44.6 Å². The molecule has 6 aromatic carbocycles. The molecule has 0 saturated carbocycles. The summed E-state index contributed by atoms with van der Waals surface area (Å²) in [6.07, 6.45) is 3.63. The van der Waals surface area contributed by atoms with Crippen LogP contribution in [-0.2, 0) is 0 Å². The molecular formula is C48H44N6. The highest BCUT2D eigenvalue weighted by Gasteiger charge is 2.24. The van der Waals surface area contributed by atoms with Crippen LogP contribution in [0.15, 0.2) is 146 Å². The topological polar surface area (TPSA) is 73.9 Å². The minimum absolute atomic E-state index is 0.471. The average molecular weight is 705 g/mol. The highest BCUT2D eigenvalue weighted by Crippen LogP contribution is 2.51. The number of anilines is 4. The first-order chi connectivity index (χ1) is 26.4. The molecule has 4 N–H and O–H groups in total. The van der Waals surface area contributed by atoms with Crippen LogP contribution in [0.4, 0.5) is 23.0 Å². The lowest BCUT2D eigenvalue weighted by Gasteiger charge is -2.26. The van der Waals surface area contributed by atoms with Crippen molar-refractivity contribution in [1.82, 2.24) is 9.97 Å². The maximum absolute atomic E-state index is 4.55. The van der Waals surface area contributed by atoms with Crippen LogP contribution in [0.25, 0.3) is 54.9 Å². The summed E-state index contributed by atoms with van der Waals surface area (Å²) in [5.41, 5.74) is 13.9. The molecule has 8 aromatic rings. The van der Waals surface area contributed by atoms with Crippen molar-refractivity contribution in [2.45, 2.75) is 27.7 Å². The molecule has 0 aliphatic carbocycles. The Morgan fingerprint density at radius 1 is 0.407 bits per heavy atom. The van der Waals surface area contributed by atoms with Crippen LogP contribution in [0.3, 0.4) is 0 Å². The number of fused-ring (bicyclic) bond motifs is 2. The van der Waals surface area contributed by atoms with Gasteiger partial charge in [-0.15, -0.1) is 0 Å². The van der Waals surface area contributed by atoms with E-state index in [0.29, 0.717) is 13.3 Å². The summed E-state index contributed by atoms with van der Waals surface area (Å²) in [6, 6.07) is 47.5. The Morgan fingerprint density at radius 3 is 1.26 bits per heavy atom. The molecule has 0 radical (unpaired) electrons. The van der Waals surface area contributed by atoms with E-state index in [2.05, 4.69) is 156 Å². The van der Waals surface area contributed by atoms with Crippen LogP contribution in [0, 0.1) is 27.7 Å². The molecule has 0 saturated heterocycles. The van der Waals surface area contributed by atoms with Crippen LogP contribution < -0.4 is 21.3 Å². The number of nitrogens with zero attached hydrogens (tertiary/aromatic N) is 2. The second-order valence-corrected chi connectivity index (χ2v) is 13.9. The fourth-order valence-electron chi connectivity index (χ4n) is 7.44. The standard InChI is InChI=1S/C48H44N6/c1-31-19-21-33(3)39(25-31)41-27-35-13-5-7-15-37(35)45(47(41)53-29-51-43-17-9-11-23-49-43)46-38-16-8-6-14-36(38)28-42(40-26-32(2)20-22-34(40)4)48(46)54-30-52-44-18-10-12-24-50-44/h5-28,53-54H,29-30H2,1-4H3,(H,49,51)(H,50,52). The number of aromatic nitrogens is 2. The molecule has 6 heteroatoms. The Morgan fingerprint density at radius 2 is 0.833 bits per heavy atom. The van der Waals surface area contributed by atoms with Gasteiger partial charge < -0.3 is 21.3 Å². The van der Waals surface area contributed by atoms with Gasteiger partial charge in [-0.05, 0) is 108 Å². The highest BCUT2D eigenvalue weighted by atomic mass is 15.1. The van der Waals surface area contributed by atoms with Gasteiger partial charge in [0.05, 0.1) is 24.7 Å². The molecule has 0 unspecified atom stereocenters. The monoisotopic (exact) mass is 704 g/mol. The van der Waals surface area contributed by atoms with E-state index in [4.69, 9.17) is 0 Å². The Hall–Kier alpha value is -6.66. The molecule has 266 valence electrons. The molecular weight excluding hydrogens is 661 g/mol. The number of hydrogen-bond acceptors (Lipinski definition) is 6. The summed E-state index contributed by atoms with van der Waals surface area (Å²) in [5, 5.41) is 19.5. The van der Waals surface area contributed by atoms with Gasteiger partial charge in [0.1, 0.15) is 11.6 Å². The van der Waals surface area contributed by atoms with Gasteiger partial charge in [-0.2, -0.15) is 0 Å². The number of pyridine rings is 2. The van der Waals surface area contributed by atoms with E-state index < -0.39 is 0 Å². The number of rotatable bonds is 11. The molecule has 2 aromatic heterocycles. The van der Waals surface area contributed by atoms with Crippen LogP contribution >= 0.6 is 0 Å². The van der Waals surface area contributed by atoms with Gasteiger partial charge in [-0.1, -0.05) is 108 Å². The second kappa shape index (κ2) is 15.1. The van der Waals surface area contributed by atoms with Gasteiger partial charge >= 0.3 is 0 Å². The Kier molecular flexibility index (Phi) is 9.65. The molecule has 0 fully saturated rings. The smallest absolute Gasteiger partial charge is 0.127 e. The zero-order valence-corrected chi connectivity index (χ0v) is 31.2. The minimum atomic E-state index is 0.471. The van der Waals surface area contributed by atoms with E-state index in [1.165, 1.54) is 44.2 Å². The average Bonchev–Trinajstić information content (AvgIpc) is 3.20. The molecule has 8 rings (SSSR count). The van der Waals surface area contributed by atoms with E-state index in [-0.39, 0.29) is 0 Å². The quantitative estimate of drug-likeness (QED) is 0.100. The Balaban J connectivity index is 1.45. The predicted octanol–water partition coefficient (Wildman–Crippen LogP) is 12.0. The third-order valence-electron chi connectivity index (χ3n) is 10.1. The second-order valence-electron chi connectivity index (χ2n) is 13.9. The highest BCUT2D eigenvalue weighted by molar-refractivity contribution is 6.19. The normalized spacial score (nSPS) is 11.1. The van der Waals surface area contributed by atoms with E-state index >= 15 is 0 Å². The van der Waals surface area contributed by atoms with Crippen molar-refractivity contribution in [2.75, 3.05) is 34.6 Å². The summed E-state index contributed by atoms with van der Waals surface area (Å²) in [5.74, 6) is 1.62. The fourth-order valence-corrected chi connectivity index (χ4v) is 7.44. The van der Waals surface area contributed by atoms with E-state index in [1.807, 2.05) is 48.8 Å². The van der Waals surface area contributed by atoms with Crippen molar-refractivity contribution in [3.05, 3.63) is 168 Å². The van der Waals surface area contributed by atoms with E-state index in [0.717, 1.165) is 56.0 Å². The van der Waals surface area contributed by atoms with Crippen LogP contribution in [-0.4, -0.2) is 23.3 Å². The van der Waals surface area contributed by atoms with Gasteiger partial charge in [0, 0.05) is 34.6 Å². The van der Waals surface area contributed by atoms with Gasteiger partial charge in [-0.3, -0.25) is 0 Å². The van der Waals surface area contributed by atoms with Crippen molar-refractivity contribution in [3.8, 4) is 33.4 Å². The summed E-state index contributed by atoms with van der Waals surface area (Å²) in [4.78, 5) is 9.10. The lowest BCUT2D eigenvalue weighted by Crippen LogP contribution is -2.16. The predicted molar refractivity (Wildman–Crippen MR) is 229 cm³/mol. The number of benzene rings is 6. The first-order valence-corrected chi connectivity index (χ1v) is 18.5.